The topological polar surface area (TPSA) is 47.0 Å². The molecule has 1 N–H and O–H groups in total. The van der Waals surface area contributed by atoms with Gasteiger partial charge in [-0.05, 0) is 36.2 Å². The molecule has 0 amide bonds. The van der Waals surface area contributed by atoms with Crippen LogP contribution in [0.3, 0.4) is 0 Å². The van der Waals surface area contributed by atoms with E-state index >= 15 is 0 Å². The number of rotatable bonds is 7. The van der Waals surface area contributed by atoms with Crippen molar-refractivity contribution in [2.45, 2.75) is 26.2 Å². The largest absolute Gasteiger partial charge is 0.495 e. The summed E-state index contributed by atoms with van der Waals surface area (Å²) in [5, 5.41) is 2.21. The molecule has 0 atom stereocenters. The Kier molecular flexibility index (Phi) is 7.07. The maximum atomic E-state index is 12.7. The number of aromatic nitrogens is 2. The first-order chi connectivity index (χ1) is 12.3. The molecule has 0 aliphatic heterocycles. The van der Waals surface area contributed by atoms with E-state index < -0.39 is 16.9 Å². The fourth-order valence-electron chi connectivity index (χ4n) is 2.37. The Morgan fingerprint density at radius 3 is 2.46 bits per heavy atom. The van der Waals surface area contributed by atoms with E-state index in [1.165, 1.54) is 7.11 Å². The monoisotopic (exact) mass is 405 g/mol. The summed E-state index contributed by atoms with van der Waals surface area (Å²) in [6.07, 6.45) is -0.611. The second kappa shape index (κ2) is 8.87. The molecule has 0 unspecified atom stereocenters. The average Bonchev–Trinajstić information content (AvgIpc) is 2.59. The summed E-state index contributed by atoms with van der Waals surface area (Å²) in [6, 6.07) is 5.70. The first kappa shape index (κ1) is 20.7. The first-order valence-corrected chi connectivity index (χ1v) is 10.3. The molecule has 142 valence electrons. The summed E-state index contributed by atoms with van der Waals surface area (Å²) in [5.74, 6) is 0.544. The van der Waals surface area contributed by atoms with E-state index in [0.717, 1.165) is 24.0 Å². The standard InChI is InChI=1S/C17H20ClF3N3OP/c1-4-26(5-2)10-11-6-7-13(14(8-11)25-3)23-16-22-9-12(15(18)24-16)17(19,20)21/h6-9H,4-5,10H2,1-3H3,(H,22,23,24). The average molecular weight is 406 g/mol. The summed E-state index contributed by atoms with van der Waals surface area (Å²) >= 11 is 5.63. The summed E-state index contributed by atoms with van der Waals surface area (Å²) in [5.41, 5.74) is 0.650. The first-order valence-electron chi connectivity index (χ1n) is 8.04. The van der Waals surface area contributed by atoms with Crippen molar-refractivity contribution in [2.75, 3.05) is 24.8 Å². The zero-order chi connectivity index (χ0) is 19.3. The Morgan fingerprint density at radius 2 is 1.92 bits per heavy atom. The third kappa shape index (κ3) is 5.21. The van der Waals surface area contributed by atoms with Crippen LogP contribution in [0.4, 0.5) is 24.8 Å². The highest BCUT2D eigenvalue weighted by molar-refractivity contribution is 7.56. The second-order valence-electron chi connectivity index (χ2n) is 5.52. The van der Waals surface area contributed by atoms with Crippen LogP contribution in [-0.2, 0) is 12.3 Å². The number of nitrogens with zero attached hydrogens (tertiary/aromatic N) is 2. The van der Waals surface area contributed by atoms with E-state index in [1.807, 2.05) is 18.2 Å². The Balaban J connectivity index is 2.23. The van der Waals surface area contributed by atoms with Crippen molar-refractivity contribution in [2.24, 2.45) is 0 Å². The van der Waals surface area contributed by atoms with Gasteiger partial charge in [0.25, 0.3) is 0 Å². The fraction of sp³-hybridized carbons (Fsp3) is 0.412. The van der Waals surface area contributed by atoms with Gasteiger partial charge in [0.05, 0.1) is 12.8 Å². The highest BCUT2D eigenvalue weighted by Crippen LogP contribution is 2.40. The molecule has 0 spiro atoms. The number of benzene rings is 1. The van der Waals surface area contributed by atoms with Crippen LogP contribution >= 0.6 is 19.5 Å². The second-order valence-corrected chi connectivity index (χ2v) is 8.80. The third-order valence-electron chi connectivity index (χ3n) is 3.86. The van der Waals surface area contributed by atoms with Gasteiger partial charge < -0.3 is 10.1 Å². The van der Waals surface area contributed by atoms with Gasteiger partial charge >= 0.3 is 6.18 Å². The van der Waals surface area contributed by atoms with Crippen molar-refractivity contribution in [1.82, 2.24) is 9.97 Å². The van der Waals surface area contributed by atoms with E-state index in [1.54, 1.807) is 0 Å². The lowest BCUT2D eigenvalue weighted by Crippen LogP contribution is -2.09. The van der Waals surface area contributed by atoms with Crippen molar-refractivity contribution >= 4 is 31.2 Å². The van der Waals surface area contributed by atoms with Crippen LogP contribution in [0, 0.1) is 0 Å². The van der Waals surface area contributed by atoms with Crippen LogP contribution in [0.25, 0.3) is 0 Å². The zero-order valence-corrected chi connectivity index (χ0v) is 16.3. The molecule has 4 nitrogen and oxygen atoms in total. The van der Waals surface area contributed by atoms with Gasteiger partial charge in [-0.1, -0.05) is 31.5 Å². The van der Waals surface area contributed by atoms with E-state index in [-0.39, 0.29) is 13.9 Å². The normalized spacial score (nSPS) is 11.7. The predicted molar refractivity (Wildman–Crippen MR) is 100 cm³/mol. The van der Waals surface area contributed by atoms with Crippen LogP contribution in [-0.4, -0.2) is 29.4 Å². The summed E-state index contributed by atoms with van der Waals surface area (Å²) in [6.45, 7) is 4.38. The van der Waals surface area contributed by atoms with Gasteiger partial charge in [-0.3, -0.25) is 0 Å². The molecule has 0 radical (unpaired) electrons. The maximum absolute atomic E-state index is 12.7. The van der Waals surface area contributed by atoms with E-state index in [4.69, 9.17) is 16.3 Å². The molecule has 1 heterocycles. The number of ether oxygens (including phenoxy) is 1. The van der Waals surface area contributed by atoms with Crippen LogP contribution in [0.2, 0.25) is 5.15 Å². The molecule has 1 aromatic carbocycles. The molecule has 2 aromatic rings. The van der Waals surface area contributed by atoms with Gasteiger partial charge in [-0.15, -0.1) is 7.92 Å². The van der Waals surface area contributed by atoms with Gasteiger partial charge in [0.1, 0.15) is 16.5 Å². The molecule has 0 aliphatic carbocycles. The number of halogens is 4. The predicted octanol–water partition coefficient (Wildman–Crippen LogP) is 5.92. The molecule has 2 rings (SSSR count). The zero-order valence-electron chi connectivity index (χ0n) is 14.7. The van der Waals surface area contributed by atoms with Crippen LogP contribution in [0.1, 0.15) is 25.0 Å². The summed E-state index contributed by atoms with van der Waals surface area (Å²) in [7, 11) is 1.48. The van der Waals surface area contributed by atoms with E-state index in [2.05, 4.69) is 29.1 Å². The number of alkyl halides is 3. The van der Waals surface area contributed by atoms with E-state index in [9.17, 15) is 13.2 Å². The Bertz CT molecular complexity index is 755. The summed E-state index contributed by atoms with van der Waals surface area (Å²) < 4.78 is 43.6. The molecule has 9 heteroatoms. The van der Waals surface area contributed by atoms with Crippen LogP contribution < -0.4 is 10.1 Å². The lowest BCUT2D eigenvalue weighted by atomic mass is 10.2. The minimum atomic E-state index is -4.59. The number of methoxy groups -OCH3 is 1. The van der Waals surface area contributed by atoms with Crippen LogP contribution in [0.15, 0.2) is 24.4 Å². The smallest absolute Gasteiger partial charge is 0.420 e. The highest BCUT2D eigenvalue weighted by atomic mass is 35.5. The molecule has 0 saturated heterocycles. The molecule has 1 aromatic heterocycles. The SMILES string of the molecule is CCP(CC)Cc1ccc(Nc2ncc(C(F)(F)F)c(Cl)n2)c(OC)c1. The van der Waals surface area contributed by atoms with Gasteiger partial charge in [0.15, 0.2) is 0 Å². The lowest BCUT2D eigenvalue weighted by molar-refractivity contribution is -0.137. The van der Waals surface area contributed by atoms with Crippen molar-refractivity contribution in [3.05, 3.63) is 40.7 Å². The quantitative estimate of drug-likeness (QED) is 0.458. The minimum Gasteiger partial charge on any atom is -0.495 e. The minimum absolute atomic E-state index is 0.0292. The maximum Gasteiger partial charge on any atom is 0.420 e. The highest BCUT2D eigenvalue weighted by Gasteiger charge is 2.34. The van der Waals surface area contributed by atoms with Crippen molar-refractivity contribution in [1.29, 1.82) is 0 Å². The van der Waals surface area contributed by atoms with Crippen molar-refractivity contribution < 1.29 is 17.9 Å². The van der Waals surface area contributed by atoms with Crippen LogP contribution in [0.5, 0.6) is 5.75 Å². The lowest BCUT2D eigenvalue weighted by Gasteiger charge is -2.16. The van der Waals surface area contributed by atoms with Crippen molar-refractivity contribution in [3.8, 4) is 5.75 Å². The number of hydrogen-bond donors (Lipinski definition) is 1. The molecule has 26 heavy (non-hydrogen) atoms. The van der Waals surface area contributed by atoms with Crippen molar-refractivity contribution in [3.63, 3.8) is 0 Å². The van der Waals surface area contributed by atoms with Gasteiger partial charge in [-0.25, -0.2) is 9.97 Å². The number of anilines is 2. The number of nitrogens with one attached hydrogen (secondary N) is 1. The van der Waals surface area contributed by atoms with E-state index in [0.29, 0.717) is 17.6 Å². The number of hydrogen-bond acceptors (Lipinski definition) is 4. The molecule has 0 aliphatic rings. The molecule has 0 fully saturated rings. The Hall–Kier alpha value is -1.59. The van der Waals surface area contributed by atoms with Gasteiger partial charge in [-0.2, -0.15) is 13.2 Å². The third-order valence-corrected chi connectivity index (χ3v) is 6.75. The molecule has 0 bridgehead atoms. The fourth-order valence-corrected chi connectivity index (χ4v) is 4.22. The Labute approximate surface area is 156 Å². The Morgan fingerprint density at radius 1 is 1.23 bits per heavy atom. The molecule has 0 saturated carbocycles. The van der Waals surface area contributed by atoms with Gasteiger partial charge in [0.2, 0.25) is 5.95 Å². The molecular weight excluding hydrogens is 386 g/mol. The van der Waals surface area contributed by atoms with Gasteiger partial charge in [0, 0.05) is 6.20 Å². The molecular formula is C17H20ClF3N3OP. The summed E-state index contributed by atoms with van der Waals surface area (Å²) in [4.78, 5) is 7.37.